The van der Waals surface area contributed by atoms with Crippen LogP contribution in [-0.4, -0.2) is 60.3 Å². The van der Waals surface area contributed by atoms with Gasteiger partial charge in [-0.2, -0.15) is 0 Å². The topological polar surface area (TPSA) is 123 Å². The van der Waals surface area contributed by atoms with Crippen molar-refractivity contribution < 1.29 is 24.2 Å². The zero-order chi connectivity index (χ0) is 25.8. The van der Waals surface area contributed by atoms with Crippen molar-refractivity contribution in [1.82, 2.24) is 20.6 Å². The largest absolute Gasteiger partial charge is 0.506 e. The highest BCUT2D eigenvalue weighted by molar-refractivity contribution is 6.19. The molecule has 9 nitrogen and oxygen atoms in total. The summed E-state index contributed by atoms with van der Waals surface area (Å²) >= 11 is 0. The predicted octanol–water partition coefficient (Wildman–Crippen LogP) is 3.95. The van der Waals surface area contributed by atoms with Gasteiger partial charge in [0.2, 0.25) is 0 Å². The number of phenolic OH excluding ortho intramolecular Hbond substituents is 1. The monoisotopic (exact) mass is 490 g/mol. The number of unbranched alkanes of at least 4 members (excludes halogenated alkanes) is 1. The lowest BCUT2D eigenvalue weighted by Gasteiger charge is -2.16. The number of aromatic nitrogens is 2. The van der Waals surface area contributed by atoms with Gasteiger partial charge in [-0.25, -0.2) is 14.8 Å². The van der Waals surface area contributed by atoms with Gasteiger partial charge in [0, 0.05) is 29.4 Å². The van der Waals surface area contributed by atoms with E-state index in [0.717, 1.165) is 12.8 Å². The number of benzene rings is 3. The molecule has 4 rings (SSSR count). The molecule has 0 radical (unpaired) electrons. The molecule has 1 unspecified atom stereocenters. The molecule has 0 saturated carbocycles. The quantitative estimate of drug-likeness (QED) is 0.140. The zero-order valence-electron chi connectivity index (χ0n) is 20.8. The highest BCUT2D eigenvalue weighted by atomic mass is 16.5. The average molecular weight is 491 g/mol. The summed E-state index contributed by atoms with van der Waals surface area (Å²) in [7, 11) is 3.27. The molecule has 1 amide bonds. The van der Waals surface area contributed by atoms with Crippen molar-refractivity contribution >= 4 is 44.7 Å². The van der Waals surface area contributed by atoms with E-state index in [4.69, 9.17) is 19.4 Å². The maximum absolute atomic E-state index is 13.2. The van der Waals surface area contributed by atoms with Crippen molar-refractivity contribution in [1.29, 1.82) is 0 Å². The van der Waals surface area contributed by atoms with Gasteiger partial charge in [-0.3, -0.25) is 4.79 Å². The number of hydrogen-bond donors (Lipinski definition) is 3. The first-order valence-corrected chi connectivity index (χ1v) is 11.9. The summed E-state index contributed by atoms with van der Waals surface area (Å²) in [5.41, 5.74) is 1.80. The molecule has 0 aliphatic heterocycles. The normalized spacial score (nSPS) is 12.1. The lowest BCUT2D eigenvalue weighted by molar-refractivity contribution is 0.0496. The Morgan fingerprint density at radius 1 is 1.08 bits per heavy atom. The van der Waals surface area contributed by atoms with Crippen LogP contribution in [0.2, 0.25) is 0 Å². The third kappa shape index (κ3) is 4.74. The van der Waals surface area contributed by atoms with E-state index in [1.165, 1.54) is 7.11 Å². The number of methoxy groups -OCH3 is 1. The van der Waals surface area contributed by atoms with Crippen LogP contribution < -0.4 is 15.4 Å². The number of nitrogens with one attached hydrogen (secondary N) is 2. The van der Waals surface area contributed by atoms with Gasteiger partial charge < -0.3 is 25.2 Å². The zero-order valence-corrected chi connectivity index (χ0v) is 20.8. The van der Waals surface area contributed by atoms with E-state index in [9.17, 15) is 14.7 Å². The summed E-state index contributed by atoms with van der Waals surface area (Å²) in [6, 6.07) is 10.4. The van der Waals surface area contributed by atoms with Crippen LogP contribution in [0.5, 0.6) is 11.5 Å². The third-order valence-electron chi connectivity index (χ3n) is 6.14. The molecule has 36 heavy (non-hydrogen) atoms. The fraction of sp³-hybridized carbons (Fsp3) is 0.333. The smallest absolute Gasteiger partial charge is 0.341 e. The number of aromatic hydroxyl groups is 1. The average Bonchev–Trinajstić information content (AvgIpc) is 2.90. The van der Waals surface area contributed by atoms with Crippen LogP contribution >= 0.6 is 0 Å². The molecule has 0 aliphatic carbocycles. The van der Waals surface area contributed by atoms with Crippen molar-refractivity contribution in [3.63, 3.8) is 0 Å². The SMILES string of the molecule is CCCCOC(=O)c1cc2nc3c(C(=O)NCC(C)NC)c(O)c4ccccc4c3nc2cc1OC. The minimum Gasteiger partial charge on any atom is -0.506 e. The number of carbonyl (C=O) groups is 2. The molecule has 0 spiro atoms. The fourth-order valence-corrected chi connectivity index (χ4v) is 3.96. The molecule has 4 aromatic rings. The Hall–Kier alpha value is -3.98. The van der Waals surface area contributed by atoms with Crippen molar-refractivity contribution in [3.8, 4) is 11.5 Å². The lowest BCUT2D eigenvalue weighted by Crippen LogP contribution is -2.37. The Morgan fingerprint density at radius 3 is 2.47 bits per heavy atom. The molecule has 188 valence electrons. The summed E-state index contributed by atoms with van der Waals surface area (Å²) in [5, 5.41) is 18.2. The number of fused-ring (bicyclic) bond motifs is 4. The van der Waals surface area contributed by atoms with Crippen molar-refractivity contribution in [2.45, 2.75) is 32.7 Å². The van der Waals surface area contributed by atoms with E-state index in [2.05, 4.69) is 10.6 Å². The molecule has 0 bridgehead atoms. The van der Waals surface area contributed by atoms with Crippen LogP contribution in [0.25, 0.3) is 32.8 Å². The number of phenols is 1. The third-order valence-corrected chi connectivity index (χ3v) is 6.14. The Balaban J connectivity index is 1.94. The van der Waals surface area contributed by atoms with Crippen LogP contribution in [0.1, 0.15) is 47.4 Å². The minimum absolute atomic E-state index is 0.0310. The number of ether oxygens (including phenoxy) is 2. The second-order valence-corrected chi connectivity index (χ2v) is 8.62. The summed E-state index contributed by atoms with van der Waals surface area (Å²) in [6.45, 7) is 4.60. The maximum atomic E-state index is 13.2. The highest BCUT2D eigenvalue weighted by Crippen LogP contribution is 2.37. The molecule has 0 fully saturated rings. The van der Waals surface area contributed by atoms with Crippen LogP contribution in [0.15, 0.2) is 36.4 Å². The second-order valence-electron chi connectivity index (χ2n) is 8.62. The van der Waals surface area contributed by atoms with Gasteiger partial charge in [-0.05, 0) is 26.5 Å². The summed E-state index contributed by atoms with van der Waals surface area (Å²) in [4.78, 5) is 35.5. The molecule has 0 saturated heterocycles. The first-order valence-electron chi connectivity index (χ1n) is 11.9. The molecule has 3 N–H and O–H groups in total. The Kier molecular flexibility index (Phi) is 7.49. The Bertz CT molecular complexity index is 1450. The fourth-order valence-electron chi connectivity index (χ4n) is 3.96. The van der Waals surface area contributed by atoms with Crippen molar-refractivity contribution in [2.24, 2.45) is 0 Å². The molecule has 1 heterocycles. The molecule has 0 aliphatic rings. The predicted molar refractivity (Wildman–Crippen MR) is 139 cm³/mol. The Labute approximate surface area is 208 Å². The Morgan fingerprint density at radius 2 is 1.78 bits per heavy atom. The maximum Gasteiger partial charge on any atom is 0.341 e. The molecule has 9 heteroatoms. The highest BCUT2D eigenvalue weighted by Gasteiger charge is 2.24. The van der Waals surface area contributed by atoms with Gasteiger partial charge in [0.1, 0.15) is 28.1 Å². The molecule has 1 aromatic heterocycles. The lowest BCUT2D eigenvalue weighted by atomic mass is 10.0. The van der Waals surface area contributed by atoms with Gasteiger partial charge in [-0.1, -0.05) is 37.6 Å². The number of rotatable bonds is 9. The van der Waals surface area contributed by atoms with E-state index in [1.807, 2.05) is 26.0 Å². The van der Waals surface area contributed by atoms with Gasteiger partial charge >= 0.3 is 5.97 Å². The van der Waals surface area contributed by atoms with Gasteiger partial charge in [0.15, 0.2) is 0 Å². The van der Waals surface area contributed by atoms with Gasteiger partial charge in [0.25, 0.3) is 5.91 Å². The van der Waals surface area contributed by atoms with Crippen LogP contribution in [0.3, 0.4) is 0 Å². The van der Waals surface area contributed by atoms with E-state index < -0.39 is 11.9 Å². The van der Waals surface area contributed by atoms with E-state index in [0.29, 0.717) is 46.2 Å². The van der Waals surface area contributed by atoms with E-state index in [1.54, 1.807) is 31.3 Å². The first kappa shape index (κ1) is 25.1. The summed E-state index contributed by atoms with van der Waals surface area (Å²) in [5.74, 6) is -0.843. The van der Waals surface area contributed by atoms with Crippen LogP contribution in [-0.2, 0) is 4.74 Å². The minimum atomic E-state index is -0.524. The number of nitrogens with zero attached hydrogens (tertiary/aromatic N) is 2. The standard InChI is InChI=1S/C27H30N4O5/c1-5-6-11-36-27(34)18-12-19-20(13-21(18)35-4)30-23-16-9-7-8-10-17(16)25(32)22(24(23)31-19)26(33)29-14-15(2)28-3/h7-10,12-13,15,28,32H,5-6,11,14H2,1-4H3,(H,29,33). The van der Waals surface area contributed by atoms with E-state index in [-0.39, 0.29) is 28.4 Å². The first-order chi connectivity index (χ1) is 17.4. The van der Waals surface area contributed by atoms with Gasteiger partial charge in [-0.15, -0.1) is 0 Å². The van der Waals surface area contributed by atoms with Crippen LogP contribution in [0, 0.1) is 0 Å². The van der Waals surface area contributed by atoms with Crippen molar-refractivity contribution in [3.05, 3.63) is 47.5 Å². The summed E-state index contributed by atoms with van der Waals surface area (Å²) in [6.07, 6.45) is 1.65. The number of amides is 1. The number of hydrogen-bond acceptors (Lipinski definition) is 8. The van der Waals surface area contributed by atoms with E-state index >= 15 is 0 Å². The molecular weight excluding hydrogens is 460 g/mol. The number of carbonyl (C=O) groups excluding carboxylic acids is 2. The number of likely N-dealkylation sites (N-methyl/N-ethyl adjacent to an activating group) is 1. The number of esters is 1. The molecule has 3 aromatic carbocycles. The second kappa shape index (κ2) is 10.7. The van der Waals surface area contributed by atoms with Crippen LogP contribution in [0.4, 0.5) is 0 Å². The van der Waals surface area contributed by atoms with Gasteiger partial charge in [0.05, 0.1) is 30.3 Å². The molecular formula is C27H30N4O5. The summed E-state index contributed by atoms with van der Waals surface area (Å²) < 4.78 is 10.8. The van der Waals surface area contributed by atoms with Crippen molar-refractivity contribution in [2.75, 3.05) is 27.3 Å². The molecule has 1 atom stereocenters.